The first-order chi connectivity index (χ1) is 4.33. The second-order valence-electron chi connectivity index (χ2n) is 2.43. The number of rotatable bonds is 0. The molecule has 1 rings (SSSR count). The number of hydrogen-bond acceptors (Lipinski definition) is 3. The largest absolute Gasteiger partial charge is 0.327 e. The van der Waals surface area contributed by atoms with Crippen LogP contribution in [0.1, 0.15) is 12.8 Å². The smallest absolute Gasteiger partial charge is 0.0954 e. The molecule has 0 aliphatic carbocycles. The average molecular weight is 125 g/mol. The number of nitrogens with one attached hydrogen (secondary N) is 1. The van der Waals surface area contributed by atoms with Gasteiger partial charge in [-0.05, 0) is 12.8 Å². The van der Waals surface area contributed by atoms with Crippen LogP contribution in [0.5, 0.6) is 0 Å². The molecule has 9 heavy (non-hydrogen) atoms. The first kappa shape index (κ1) is 6.53. The van der Waals surface area contributed by atoms with Crippen LogP contribution in [0.15, 0.2) is 0 Å². The minimum Gasteiger partial charge on any atom is -0.327 e. The molecule has 0 unspecified atom stereocenters. The Kier molecular flexibility index (Phi) is 2.04. The highest BCUT2D eigenvalue weighted by Crippen LogP contribution is 2.04. The molecule has 1 aliphatic rings. The van der Waals surface area contributed by atoms with Crippen molar-refractivity contribution in [3.63, 3.8) is 0 Å². The predicted octanol–water partition coefficient (Wildman–Crippen LogP) is -0.411. The Hall–Kier alpha value is -0.590. The van der Waals surface area contributed by atoms with Crippen molar-refractivity contribution >= 4 is 0 Å². The monoisotopic (exact) mass is 125 g/mol. The number of nitrogens with zero attached hydrogens (tertiary/aromatic N) is 1. The van der Waals surface area contributed by atoms with E-state index in [0.717, 1.165) is 19.4 Å². The van der Waals surface area contributed by atoms with E-state index in [1.54, 1.807) is 0 Å². The molecule has 2 atom stereocenters. The minimum atomic E-state index is 0.0461. The molecule has 0 aromatic rings. The van der Waals surface area contributed by atoms with Gasteiger partial charge in [0.15, 0.2) is 0 Å². The van der Waals surface area contributed by atoms with Crippen LogP contribution in [-0.2, 0) is 0 Å². The molecule has 1 heterocycles. The maximum absolute atomic E-state index is 8.42. The van der Waals surface area contributed by atoms with E-state index in [9.17, 15) is 0 Å². The number of hydrogen-bond donors (Lipinski definition) is 2. The number of nitriles is 1. The molecule has 0 bridgehead atoms. The topological polar surface area (TPSA) is 61.8 Å². The quantitative estimate of drug-likeness (QED) is 0.462. The lowest BCUT2D eigenvalue weighted by molar-refractivity contribution is 0.413. The highest BCUT2D eigenvalue weighted by atomic mass is 15.0. The maximum Gasteiger partial charge on any atom is 0.0954 e. The van der Waals surface area contributed by atoms with E-state index >= 15 is 0 Å². The van der Waals surface area contributed by atoms with Crippen molar-refractivity contribution in [3.8, 4) is 6.07 Å². The van der Waals surface area contributed by atoms with E-state index in [-0.39, 0.29) is 12.1 Å². The normalized spacial score (nSPS) is 35.6. The highest BCUT2D eigenvalue weighted by Gasteiger charge is 2.15. The van der Waals surface area contributed by atoms with Crippen LogP contribution in [0.25, 0.3) is 0 Å². The zero-order valence-corrected chi connectivity index (χ0v) is 5.30. The molecule has 1 fully saturated rings. The van der Waals surface area contributed by atoms with E-state index in [1.165, 1.54) is 0 Å². The van der Waals surface area contributed by atoms with Crippen molar-refractivity contribution < 1.29 is 0 Å². The highest BCUT2D eigenvalue weighted by molar-refractivity contribution is 4.94. The van der Waals surface area contributed by atoms with Crippen LogP contribution < -0.4 is 11.1 Å². The molecule has 0 aromatic heterocycles. The third-order valence-corrected chi connectivity index (χ3v) is 1.61. The number of piperidine rings is 1. The summed E-state index contributed by atoms with van der Waals surface area (Å²) >= 11 is 0. The fraction of sp³-hybridized carbons (Fsp3) is 0.833. The van der Waals surface area contributed by atoms with Crippen LogP contribution in [0.4, 0.5) is 0 Å². The van der Waals surface area contributed by atoms with E-state index < -0.39 is 0 Å². The second-order valence-corrected chi connectivity index (χ2v) is 2.43. The zero-order valence-electron chi connectivity index (χ0n) is 5.30. The van der Waals surface area contributed by atoms with Crippen LogP contribution in [0.2, 0.25) is 0 Å². The maximum atomic E-state index is 8.42. The van der Waals surface area contributed by atoms with Crippen molar-refractivity contribution in [3.05, 3.63) is 0 Å². The van der Waals surface area contributed by atoms with Gasteiger partial charge in [0.2, 0.25) is 0 Å². The van der Waals surface area contributed by atoms with Gasteiger partial charge in [-0.15, -0.1) is 0 Å². The van der Waals surface area contributed by atoms with Gasteiger partial charge in [-0.25, -0.2) is 0 Å². The average Bonchev–Trinajstić information content (AvgIpc) is 1.90. The van der Waals surface area contributed by atoms with Gasteiger partial charge in [0.1, 0.15) is 0 Å². The molecule has 0 radical (unpaired) electrons. The Morgan fingerprint density at radius 3 is 2.78 bits per heavy atom. The van der Waals surface area contributed by atoms with E-state index in [1.807, 2.05) is 0 Å². The molecule has 3 nitrogen and oxygen atoms in total. The van der Waals surface area contributed by atoms with Gasteiger partial charge >= 0.3 is 0 Å². The third kappa shape index (κ3) is 1.67. The molecule has 1 aliphatic heterocycles. The minimum absolute atomic E-state index is 0.0461. The van der Waals surface area contributed by atoms with Gasteiger partial charge < -0.3 is 11.1 Å². The van der Waals surface area contributed by atoms with Crippen LogP contribution in [0, 0.1) is 11.3 Å². The van der Waals surface area contributed by atoms with Crippen LogP contribution >= 0.6 is 0 Å². The third-order valence-electron chi connectivity index (χ3n) is 1.61. The van der Waals surface area contributed by atoms with E-state index in [0.29, 0.717) is 0 Å². The molecular formula is C6H11N3. The molecule has 50 valence electrons. The first-order valence-corrected chi connectivity index (χ1v) is 3.21. The summed E-state index contributed by atoms with van der Waals surface area (Å²) in [6, 6.07) is 2.46. The van der Waals surface area contributed by atoms with Crippen molar-refractivity contribution in [2.45, 2.75) is 24.9 Å². The van der Waals surface area contributed by atoms with Gasteiger partial charge in [0, 0.05) is 12.6 Å². The van der Waals surface area contributed by atoms with Gasteiger partial charge in [-0.1, -0.05) is 0 Å². The van der Waals surface area contributed by atoms with E-state index in [4.69, 9.17) is 11.0 Å². The van der Waals surface area contributed by atoms with Crippen LogP contribution in [0.3, 0.4) is 0 Å². The summed E-state index contributed by atoms with van der Waals surface area (Å²) < 4.78 is 0. The molecular weight excluding hydrogens is 114 g/mol. The lowest BCUT2D eigenvalue weighted by Crippen LogP contribution is -2.44. The molecule has 1 saturated heterocycles. The summed E-state index contributed by atoms with van der Waals surface area (Å²) in [6.07, 6.45) is 1.88. The first-order valence-electron chi connectivity index (χ1n) is 3.21. The summed E-state index contributed by atoms with van der Waals surface area (Å²) in [5.74, 6) is 0. The molecule has 3 N–H and O–H groups in total. The Morgan fingerprint density at radius 2 is 2.33 bits per heavy atom. The van der Waals surface area contributed by atoms with Crippen molar-refractivity contribution in [2.24, 2.45) is 5.73 Å². The molecule has 0 amide bonds. The lowest BCUT2D eigenvalue weighted by Gasteiger charge is -2.22. The SMILES string of the molecule is N#C[C@@H]1CC[C@@H](N)CN1. The summed E-state index contributed by atoms with van der Waals surface area (Å²) in [6.45, 7) is 0.790. The fourth-order valence-corrected chi connectivity index (χ4v) is 0.989. The Morgan fingerprint density at radius 1 is 1.56 bits per heavy atom. The second kappa shape index (κ2) is 2.81. The summed E-state index contributed by atoms with van der Waals surface area (Å²) in [5.41, 5.74) is 5.58. The standard InChI is InChI=1S/C6H11N3/c7-3-6-2-1-5(8)4-9-6/h5-6,9H,1-2,4,8H2/t5-,6+/m1/s1. The zero-order chi connectivity index (χ0) is 6.69. The summed E-state index contributed by atoms with van der Waals surface area (Å²) in [4.78, 5) is 0. The summed E-state index contributed by atoms with van der Waals surface area (Å²) in [5, 5.41) is 11.5. The Labute approximate surface area is 54.8 Å². The predicted molar refractivity (Wildman–Crippen MR) is 34.6 cm³/mol. The lowest BCUT2D eigenvalue weighted by atomic mass is 10.0. The molecule has 0 aromatic carbocycles. The molecule has 0 saturated carbocycles. The van der Waals surface area contributed by atoms with Crippen molar-refractivity contribution in [1.82, 2.24) is 5.32 Å². The molecule has 0 spiro atoms. The van der Waals surface area contributed by atoms with Gasteiger partial charge in [0.05, 0.1) is 12.1 Å². The Bertz CT molecular complexity index is 119. The van der Waals surface area contributed by atoms with Gasteiger partial charge in [-0.2, -0.15) is 5.26 Å². The fourth-order valence-electron chi connectivity index (χ4n) is 0.989. The number of nitrogens with two attached hydrogens (primary N) is 1. The van der Waals surface area contributed by atoms with Crippen molar-refractivity contribution in [1.29, 1.82) is 5.26 Å². The van der Waals surface area contributed by atoms with E-state index in [2.05, 4.69) is 11.4 Å². The summed E-state index contributed by atoms with van der Waals surface area (Å²) in [7, 11) is 0. The van der Waals surface area contributed by atoms with Gasteiger partial charge in [0.25, 0.3) is 0 Å². The molecule has 3 heteroatoms. The van der Waals surface area contributed by atoms with Crippen LogP contribution in [-0.4, -0.2) is 18.6 Å². The van der Waals surface area contributed by atoms with Gasteiger partial charge in [-0.3, -0.25) is 0 Å². The van der Waals surface area contributed by atoms with Crippen molar-refractivity contribution in [2.75, 3.05) is 6.54 Å². The Balaban J connectivity index is 2.28.